The van der Waals surface area contributed by atoms with Gasteiger partial charge in [-0.2, -0.15) is 0 Å². The molecule has 0 N–H and O–H groups in total. The number of ether oxygens (including phenoxy) is 3. The van der Waals surface area contributed by atoms with Crippen LogP contribution in [-0.4, -0.2) is 30.9 Å². The first-order valence-corrected chi connectivity index (χ1v) is 7.83. The lowest BCUT2D eigenvalue weighted by molar-refractivity contribution is -0.274. The second-order valence-electron chi connectivity index (χ2n) is 5.73. The number of benzene rings is 1. The van der Waals surface area contributed by atoms with Gasteiger partial charge in [-0.25, -0.2) is 9.59 Å². The summed E-state index contributed by atoms with van der Waals surface area (Å²) in [5, 5.41) is 0. The van der Waals surface area contributed by atoms with Gasteiger partial charge in [-0.1, -0.05) is 12.6 Å². The minimum atomic E-state index is -4.86. The largest absolute Gasteiger partial charge is 0.573 e. The fourth-order valence-electron chi connectivity index (χ4n) is 2.56. The van der Waals surface area contributed by atoms with Crippen molar-refractivity contribution in [1.82, 2.24) is 0 Å². The monoisotopic (exact) mass is 406 g/mol. The van der Waals surface area contributed by atoms with Crippen LogP contribution in [0.5, 0.6) is 5.75 Å². The molecule has 0 bridgehead atoms. The quantitative estimate of drug-likeness (QED) is 0.391. The third-order valence-electron chi connectivity index (χ3n) is 3.70. The molecule has 0 aromatic heterocycles. The molecule has 2 rings (SSSR count). The van der Waals surface area contributed by atoms with Gasteiger partial charge in [-0.3, -0.25) is 9.74 Å². The zero-order valence-corrected chi connectivity index (χ0v) is 14.2. The van der Waals surface area contributed by atoms with Gasteiger partial charge in [0.05, 0.1) is 6.42 Å². The van der Waals surface area contributed by atoms with Crippen LogP contribution < -0.4 is 4.74 Å². The van der Waals surface area contributed by atoms with Gasteiger partial charge in [-0.15, -0.1) is 13.2 Å². The first-order valence-electron chi connectivity index (χ1n) is 7.83. The second-order valence-corrected chi connectivity index (χ2v) is 5.73. The summed E-state index contributed by atoms with van der Waals surface area (Å²) in [7, 11) is 0. The molecule has 0 aliphatic heterocycles. The van der Waals surface area contributed by atoms with Crippen LogP contribution in [0.2, 0.25) is 0 Å². The smallest absolute Gasteiger partial charge is 0.457 e. The number of hydrogen-bond acceptors (Lipinski definition) is 7. The van der Waals surface area contributed by atoms with E-state index in [1.807, 2.05) is 0 Å². The van der Waals surface area contributed by atoms with Crippen molar-refractivity contribution >= 4 is 17.9 Å². The maximum Gasteiger partial charge on any atom is 0.573 e. The van der Waals surface area contributed by atoms with Gasteiger partial charge in [0.25, 0.3) is 0 Å². The number of esters is 2. The topological polar surface area (TPSA) is 88.1 Å². The molecule has 1 aliphatic rings. The van der Waals surface area contributed by atoms with E-state index < -0.39 is 49.2 Å². The Labute approximate surface area is 155 Å². The van der Waals surface area contributed by atoms with E-state index in [9.17, 15) is 32.1 Å². The first-order chi connectivity index (χ1) is 13.1. The van der Waals surface area contributed by atoms with Crippen LogP contribution in [0.3, 0.4) is 0 Å². The van der Waals surface area contributed by atoms with Crippen molar-refractivity contribution in [3.63, 3.8) is 0 Å². The van der Waals surface area contributed by atoms with Crippen LogP contribution >= 0.6 is 0 Å². The SMILES string of the molecule is C=C(CC(=O)OC1CCc2ccc(OC(F)(F)F)cc21)C(=O)OCC(=O)OF. The number of fused-ring (bicyclic) bond motifs is 1. The predicted octanol–water partition coefficient (Wildman–Crippen LogP) is 3.03. The zero-order valence-electron chi connectivity index (χ0n) is 14.2. The third kappa shape index (κ3) is 5.96. The maximum absolute atomic E-state index is 12.3. The lowest BCUT2D eigenvalue weighted by Crippen LogP contribution is -2.18. The molecule has 0 heterocycles. The average Bonchev–Trinajstić information content (AvgIpc) is 2.99. The Morgan fingerprint density at radius 3 is 2.54 bits per heavy atom. The Morgan fingerprint density at radius 1 is 1.18 bits per heavy atom. The van der Waals surface area contributed by atoms with E-state index in [-0.39, 0.29) is 5.57 Å². The van der Waals surface area contributed by atoms with Crippen LogP contribution in [0.15, 0.2) is 30.4 Å². The molecule has 0 amide bonds. The number of aryl methyl sites for hydroxylation is 1. The van der Waals surface area contributed by atoms with Crippen LogP contribution in [0.1, 0.15) is 30.1 Å². The summed E-state index contributed by atoms with van der Waals surface area (Å²) in [4.78, 5) is 36.9. The van der Waals surface area contributed by atoms with Gasteiger partial charge < -0.3 is 14.2 Å². The van der Waals surface area contributed by atoms with Crippen molar-refractivity contribution in [3.05, 3.63) is 41.5 Å². The van der Waals surface area contributed by atoms with Crippen molar-refractivity contribution < 1.29 is 51.2 Å². The number of carbonyl (C=O) groups excluding carboxylic acids is 3. The summed E-state index contributed by atoms with van der Waals surface area (Å²) in [6.07, 6.45) is -5.44. The molecule has 1 aromatic carbocycles. The molecule has 0 radical (unpaired) electrons. The number of carbonyl (C=O) groups is 3. The van der Waals surface area contributed by atoms with Crippen molar-refractivity contribution in [2.45, 2.75) is 31.7 Å². The number of halogens is 4. The Bertz CT molecular complexity index is 788. The summed E-state index contributed by atoms with van der Waals surface area (Å²) in [6, 6.07) is 3.75. The van der Waals surface area contributed by atoms with Gasteiger partial charge in [0.2, 0.25) is 0 Å². The molecule has 1 aliphatic carbocycles. The normalized spacial score (nSPS) is 15.4. The van der Waals surface area contributed by atoms with Crippen molar-refractivity contribution in [3.8, 4) is 5.75 Å². The fraction of sp³-hybridized carbons (Fsp3) is 0.353. The Morgan fingerprint density at radius 2 is 1.89 bits per heavy atom. The van der Waals surface area contributed by atoms with E-state index in [4.69, 9.17) is 4.74 Å². The lowest BCUT2D eigenvalue weighted by Gasteiger charge is -2.15. The standard InChI is InChI=1S/C17H14F4O7/c1-9(16(24)25-8-15(23)28-21)6-14(22)26-13-5-3-10-2-4-11(7-12(10)13)27-17(18,19)20/h2,4,7,13H,1,3,5-6,8H2. The van der Waals surface area contributed by atoms with Gasteiger partial charge in [-0.05, 0) is 36.1 Å². The van der Waals surface area contributed by atoms with Crippen LogP contribution in [0.25, 0.3) is 0 Å². The summed E-state index contributed by atoms with van der Waals surface area (Å²) in [5.74, 6) is -3.89. The molecule has 152 valence electrons. The van der Waals surface area contributed by atoms with E-state index >= 15 is 0 Å². The lowest BCUT2D eigenvalue weighted by atomic mass is 10.1. The molecule has 0 fully saturated rings. The highest BCUT2D eigenvalue weighted by Crippen LogP contribution is 2.37. The molecule has 1 unspecified atom stereocenters. The predicted molar refractivity (Wildman–Crippen MR) is 82.2 cm³/mol. The van der Waals surface area contributed by atoms with Crippen LogP contribution in [0.4, 0.5) is 17.7 Å². The molecule has 1 aromatic rings. The van der Waals surface area contributed by atoms with Crippen molar-refractivity contribution in [2.24, 2.45) is 0 Å². The molecule has 11 heteroatoms. The molecule has 28 heavy (non-hydrogen) atoms. The summed E-state index contributed by atoms with van der Waals surface area (Å²) >= 11 is 0. The van der Waals surface area contributed by atoms with Gasteiger partial charge in [0.15, 0.2) is 6.61 Å². The second kappa shape index (κ2) is 8.72. The highest BCUT2D eigenvalue weighted by Gasteiger charge is 2.33. The fourth-order valence-corrected chi connectivity index (χ4v) is 2.56. The Hall–Kier alpha value is -3.11. The Balaban J connectivity index is 1.94. The van der Waals surface area contributed by atoms with E-state index in [1.54, 1.807) is 0 Å². The number of rotatable bonds is 7. The van der Waals surface area contributed by atoms with Gasteiger partial charge in [0.1, 0.15) is 11.9 Å². The highest BCUT2D eigenvalue weighted by atomic mass is 19.4. The van der Waals surface area contributed by atoms with Crippen LogP contribution in [-0.2, 0) is 35.2 Å². The molecular formula is C17H14F4O7. The summed E-state index contributed by atoms with van der Waals surface area (Å²) in [5.41, 5.74) is 0.716. The third-order valence-corrected chi connectivity index (χ3v) is 3.70. The van der Waals surface area contributed by atoms with E-state index in [0.717, 1.165) is 12.1 Å². The average molecular weight is 406 g/mol. The van der Waals surface area contributed by atoms with Crippen LogP contribution in [0, 0.1) is 0 Å². The van der Waals surface area contributed by atoms with E-state index in [2.05, 4.69) is 21.0 Å². The molecule has 7 nitrogen and oxygen atoms in total. The summed E-state index contributed by atoms with van der Waals surface area (Å²) in [6.45, 7) is 2.31. The first kappa shape index (κ1) is 21.2. The highest BCUT2D eigenvalue weighted by molar-refractivity contribution is 5.94. The van der Waals surface area contributed by atoms with Crippen molar-refractivity contribution in [1.29, 1.82) is 0 Å². The van der Waals surface area contributed by atoms with Gasteiger partial charge >= 0.3 is 24.3 Å². The molecule has 0 saturated heterocycles. The van der Waals surface area contributed by atoms with E-state index in [1.165, 1.54) is 6.07 Å². The van der Waals surface area contributed by atoms with Crippen molar-refractivity contribution in [2.75, 3.05) is 6.61 Å². The molecule has 1 atom stereocenters. The van der Waals surface area contributed by atoms with E-state index in [0.29, 0.717) is 24.0 Å². The number of hydrogen-bond donors (Lipinski definition) is 0. The minimum absolute atomic E-state index is 0.343. The summed E-state index contributed by atoms with van der Waals surface area (Å²) < 4.78 is 61.9. The number of alkyl halides is 3. The molecular weight excluding hydrogens is 392 g/mol. The zero-order chi connectivity index (χ0) is 20.9. The minimum Gasteiger partial charge on any atom is -0.457 e. The van der Waals surface area contributed by atoms with Gasteiger partial charge in [0, 0.05) is 10.1 Å². The maximum atomic E-state index is 12.3. The molecule has 0 spiro atoms. The molecule has 0 saturated carbocycles. The Kier molecular flexibility index (Phi) is 6.60.